The van der Waals surface area contributed by atoms with E-state index in [-0.39, 0.29) is 34.7 Å². The third-order valence-electron chi connectivity index (χ3n) is 6.64. The number of fused-ring (bicyclic) bond motifs is 1. The summed E-state index contributed by atoms with van der Waals surface area (Å²) in [5.74, 6) is -0.185. The molecule has 0 spiro atoms. The summed E-state index contributed by atoms with van der Waals surface area (Å²) < 4.78 is 74.3. The van der Waals surface area contributed by atoms with Crippen molar-refractivity contribution in [2.24, 2.45) is 0 Å². The number of alkyl halides is 3. The van der Waals surface area contributed by atoms with Crippen molar-refractivity contribution in [2.45, 2.75) is 23.4 Å². The second-order valence-corrected chi connectivity index (χ2v) is 11.1. The van der Waals surface area contributed by atoms with Gasteiger partial charge in [0.2, 0.25) is 10.0 Å². The topological polar surface area (TPSA) is 76.4 Å². The highest BCUT2D eigenvalue weighted by atomic mass is 32.2. The molecule has 1 aromatic heterocycles. The van der Waals surface area contributed by atoms with Crippen molar-refractivity contribution < 1.29 is 26.0 Å². The van der Waals surface area contributed by atoms with Gasteiger partial charge in [-0.15, -0.1) is 0 Å². The van der Waals surface area contributed by atoms with Crippen molar-refractivity contribution in [1.29, 1.82) is 0 Å². The summed E-state index contributed by atoms with van der Waals surface area (Å²) in [5, 5.41) is -0.209. The monoisotopic (exact) mass is 563 g/mol. The molecule has 1 N–H and O–H groups in total. The quantitative estimate of drug-likeness (QED) is 0.218. The summed E-state index contributed by atoms with van der Waals surface area (Å²) in [4.78, 5) is 11.6. The first kappa shape index (κ1) is 27.4. The molecule has 5 nitrogen and oxygen atoms in total. The molecule has 0 amide bonds. The fraction of sp³-hybridized carbons (Fsp3) is 0.129. The number of hydrogen-bond acceptors (Lipinski definition) is 4. The second-order valence-electron chi connectivity index (χ2n) is 9.35. The Kier molecular flexibility index (Phi) is 7.60. The van der Waals surface area contributed by atoms with Gasteiger partial charge in [0.25, 0.3) is 0 Å². The van der Waals surface area contributed by atoms with Crippen LogP contribution in [-0.4, -0.2) is 15.0 Å². The van der Waals surface area contributed by atoms with Gasteiger partial charge in [-0.3, -0.25) is 0 Å². The smallest absolute Gasteiger partial charge is 0.417 e. The molecular weight excluding hydrogens is 539 g/mol. The number of halogens is 3. The van der Waals surface area contributed by atoms with Crippen LogP contribution in [0.15, 0.2) is 123 Å². The van der Waals surface area contributed by atoms with Crippen LogP contribution in [0.2, 0.25) is 0 Å². The Morgan fingerprint density at radius 2 is 1.32 bits per heavy atom. The van der Waals surface area contributed by atoms with Gasteiger partial charge in [-0.25, -0.2) is 17.9 Å². The normalized spacial score (nSPS) is 12.2. The lowest BCUT2D eigenvalue weighted by atomic mass is 9.92. The van der Waals surface area contributed by atoms with Crippen molar-refractivity contribution in [3.05, 3.63) is 147 Å². The molecule has 204 valence electrons. The fourth-order valence-electron chi connectivity index (χ4n) is 4.65. The molecule has 0 atom stereocenters. The van der Waals surface area contributed by atoms with E-state index < -0.39 is 27.4 Å². The first-order chi connectivity index (χ1) is 19.1. The predicted octanol–water partition coefficient (Wildman–Crippen LogP) is 6.51. The zero-order valence-electron chi connectivity index (χ0n) is 21.1. The van der Waals surface area contributed by atoms with Crippen molar-refractivity contribution in [3.63, 3.8) is 0 Å². The number of nitrogens with one attached hydrogen (secondary N) is 1. The number of benzene rings is 4. The van der Waals surface area contributed by atoms with Crippen molar-refractivity contribution >= 4 is 21.0 Å². The molecule has 40 heavy (non-hydrogen) atoms. The van der Waals surface area contributed by atoms with Crippen LogP contribution >= 0.6 is 0 Å². The van der Waals surface area contributed by atoms with Gasteiger partial charge in [0, 0.05) is 23.9 Å². The zero-order valence-corrected chi connectivity index (χ0v) is 21.9. The second kappa shape index (κ2) is 11.1. The summed E-state index contributed by atoms with van der Waals surface area (Å²) in [6, 6.07) is 30.2. The first-order valence-electron chi connectivity index (χ1n) is 12.4. The molecule has 0 bridgehead atoms. The van der Waals surface area contributed by atoms with E-state index in [1.54, 1.807) is 18.2 Å². The molecule has 9 heteroatoms. The largest absolute Gasteiger partial charge is 0.423 e. The molecule has 0 radical (unpaired) electrons. The van der Waals surface area contributed by atoms with Crippen LogP contribution in [0.4, 0.5) is 13.2 Å². The zero-order chi connectivity index (χ0) is 28.3. The Balaban J connectivity index is 1.34. The SMILES string of the molecule is O=c1cc(C(F)(F)F)c2cc(Cc3ccc(S(=O)(=O)NCC(c4ccccc4)c4ccccc4)cc3)ccc2o1. The van der Waals surface area contributed by atoms with Gasteiger partial charge >= 0.3 is 11.8 Å². The molecule has 0 aliphatic rings. The summed E-state index contributed by atoms with van der Waals surface area (Å²) in [6.45, 7) is 0.160. The molecule has 1 heterocycles. The minimum Gasteiger partial charge on any atom is -0.423 e. The van der Waals surface area contributed by atoms with E-state index in [1.165, 1.54) is 24.3 Å². The molecular formula is C31H24F3NO4S. The van der Waals surface area contributed by atoms with Crippen molar-refractivity contribution in [2.75, 3.05) is 6.54 Å². The van der Waals surface area contributed by atoms with Crippen molar-refractivity contribution in [3.8, 4) is 0 Å². The summed E-state index contributed by atoms with van der Waals surface area (Å²) >= 11 is 0. The van der Waals surface area contributed by atoms with Crippen LogP contribution in [0.5, 0.6) is 0 Å². The summed E-state index contributed by atoms with van der Waals surface area (Å²) in [7, 11) is -3.83. The van der Waals surface area contributed by atoms with Crippen LogP contribution in [0, 0.1) is 0 Å². The molecule has 4 aromatic carbocycles. The van der Waals surface area contributed by atoms with Gasteiger partial charge in [-0.1, -0.05) is 78.9 Å². The van der Waals surface area contributed by atoms with Gasteiger partial charge < -0.3 is 4.42 Å². The van der Waals surface area contributed by atoms with E-state index in [2.05, 4.69) is 4.72 Å². The van der Waals surface area contributed by atoms with Crippen LogP contribution in [0.1, 0.15) is 33.7 Å². The molecule has 5 rings (SSSR count). The summed E-state index contributed by atoms with van der Waals surface area (Å²) in [5.41, 5.74) is 0.935. The maximum absolute atomic E-state index is 13.5. The van der Waals surface area contributed by atoms with Crippen LogP contribution < -0.4 is 10.3 Å². The Morgan fingerprint density at radius 1 is 0.750 bits per heavy atom. The molecule has 0 aliphatic carbocycles. The van der Waals surface area contributed by atoms with Gasteiger partial charge in [0.05, 0.1) is 10.5 Å². The van der Waals surface area contributed by atoms with Gasteiger partial charge in [0.1, 0.15) is 5.58 Å². The maximum atomic E-state index is 13.5. The molecule has 0 aliphatic heterocycles. The van der Waals surface area contributed by atoms with Crippen molar-refractivity contribution in [1.82, 2.24) is 4.72 Å². The third-order valence-corrected chi connectivity index (χ3v) is 8.08. The van der Waals surface area contributed by atoms with E-state index in [4.69, 9.17) is 4.42 Å². The summed E-state index contributed by atoms with van der Waals surface area (Å²) in [6.07, 6.45) is -4.46. The Hall–Kier alpha value is -4.21. The van der Waals surface area contributed by atoms with Gasteiger partial charge in [-0.05, 0) is 52.9 Å². The number of hydrogen-bond donors (Lipinski definition) is 1. The van der Waals surface area contributed by atoms with E-state index in [0.717, 1.165) is 11.1 Å². The fourth-order valence-corrected chi connectivity index (χ4v) is 5.70. The molecule has 0 fully saturated rings. The molecule has 5 aromatic rings. The average Bonchev–Trinajstić information content (AvgIpc) is 2.94. The van der Waals surface area contributed by atoms with Gasteiger partial charge in [0.15, 0.2) is 0 Å². The number of sulfonamides is 1. The molecule has 0 saturated carbocycles. The van der Waals surface area contributed by atoms with Crippen LogP contribution in [-0.2, 0) is 22.6 Å². The Morgan fingerprint density at radius 3 is 1.90 bits per heavy atom. The highest BCUT2D eigenvalue weighted by Gasteiger charge is 2.34. The highest BCUT2D eigenvalue weighted by molar-refractivity contribution is 7.89. The minimum atomic E-state index is -4.71. The lowest BCUT2D eigenvalue weighted by Gasteiger charge is -2.19. The molecule has 0 saturated heterocycles. The Bertz CT molecular complexity index is 1750. The maximum Gasteiger partial charge on any atom is 0.417 e. The van der Waals surface area contributed by atoms with E-state index in [9.17, 15) is 26.4 Å². The minimum absolute atomic E-state index is 0.0794. The lowest BCUT2D eigenvalue weighted by Crippen LogP contribution is -2.29. The number of rotatable bonds is 8. The van der Waals surface area contributed by atoms with E-state index in [0.29, 0.717) is 17.2 Å². The first-order valence-corrected chi connectivity index (χ1v) is 13.9. The average molecular weight is 564 g/mol. The van der Waals surface area contributed by atoms with Crippen LogP contribution in [0.3, 0.4) is 0 Å². The highest BCUT2D eigenvalue weighted by Crippen LogP contribution is 2.34. The van der Waals surface area contributed by atoms with Gasteiger partial charge in [-0.2, -0.15) is 13.2 Å². The van der Waals surface area contributed by atoms with E-state index >= 15 is 0 Å². The van der Waals surface area contributed by atoms with E-state index in [1.807, 2.05) is 60.7 Å². The van der Waals surface area contributed by atoms with Crippen LogP contribution in [0.25, 0.3) is 11.0 Å². The Labute approximate surface area is 229 Å². The lowest BCUT2D eigenvalue weighted by molar-refractivity contribution is -0.136. The standard InChI is InChI=1S/C31H24F3NO4S/c32-31(33,34)28-19-30(36)39-29-16-13-22(18-26(28)29)17-21-11-14-25(15-12-21)40(37,38)35-20-27(23-7-3-1-4-8-23)24-9-5-2-6-10-24/h1-16,18-19,27,35H,17,20H2. The third kappa shape index (κ3) is 6.16. The predicted molar refractivity (Wildman–Crippen MR) is 147 cm³/mol. The molecule has 0 unspecified atom stereocenters.